The first kappa shape index (κ1) is 54.8. The van der Waals surface area contributed by atoms with Crippen LogP contribution in [0.25, 0.3) is 0 Å². The number of aliphatic hydroxyl groups excluding tert-OH is 2. The van der Waals surface area contributed by atoms with Crippen molar-refractivity contribution in [3.63, 3.8) is 0 Å². The summed E-state index contributed by atoms with van der Waals surface area (Å²) in [4.78, 5) is 130. The molecule has 1 rings (SSSR count). The number of hydrogen-bond donors (Lipinski definition) is 9. The average Bonchev–Trinajstić information content (AvgIpc) is 3.55. The molecule has 0 aromatic rings. The van der Waals surface area contributed by atoms with E-state index in [1.54, 1.807) is 0 Å². The largest absolute Gasteiger partial charge is 0.395 e. The fourth-order valence-electron chi connectivity index (χ4n) is 5.93. The normalized spacial score (nSPS) is 12.7. The fourth-order valence-corrected chi connectivity index (χ4v) is 5.93. The second-order valence-electron chi connectivity index (χ2n) is 14.8. The van der Waals surface area contributed by atoms with Gasteiger partial charge in [0.15, 0.2) is 0 Å². The third-order valence-corrected chi connectivity index (χ3v) is 9.21. The second-order valence-corrected chi connectivity index (χ2v) is 14.8. The number of hydrogen-bond acceptors (Lipinski definition) is 14. The highest BCUT2D eigenvalue weighted by Crippen LogP contribution is 2.13. The third kappa shape index (κ3) is 27.6. The number of carbonyl (C=O) groups excluding carboxylic acids is 10. The Labute approximate surface area is 363 Å². The Kier molecular flexibility index (Phi) is 30.4. The van der Waals surface area contributed by atoms with Crippen LogP contribution in [-0.2, 0) is 52.8 Å². The summed E-state index contributed by atoms with van der Waals surface area (Å²) in [5, 5.41) is 37.1. The van der Waals surface area contributed by atoms with Crippen molar-refractivity contribution in [3.8, 4) is 0 Å². The zero-order chi connectivity index (χ0) is 46.0. The first-order valence-corrected chi connectivity index (χ1v) is 21.7. The third-order valence-electron chi connectivity index (χ3n) is 9.21. The maximum atomic E-state index is 13.4. The van der Waals surface area contributed by atoms with E-state index in [1.165, 1.54) is 4.90 Å². The lowest BCUT2D eigenvalue weighted by molar-refractivity contribution is -0.197. The van der Waals surface area contributed by atoms with E-state index in [0.717, 1.165) is 6.42 Å². The molecule has 9 N–H and O–H groups in total. The maximum Gasteiger partial charge on any atom is 0.333 e. The molecule has 0 aliphatic carbocycles. The van der Waals surface area contributed by atoms with Crippen LogP contribution in [0, 0.1) is 0 Å². The molecule has 352 valence electrons. The number of carbonyl (C=O) groups is 10. The predicted octanol–water partition coefficient (Wildman–Crippen LogP) is -2.07. The quantitative estimate of drug-likeness (QED) is 0.0242. The van der Waals surface area contributed by atoms with Crippen molar-refractivity contribution in [1.29, 1.82) is 0 Å². The topological polar surface area (TPSA) is 311 Å². The van der Waals surface area contributed by atoms with Crippen LogP contribution >= 0.6 is 0 Å². The Morgan fingerprint density at radius 3 is 1.48 bits per heavy atom. The SMILES string of the molecule is CCCNC(=O)CCCCCNC(=O)[C@H](CCC(=O)NCCO)NC(=O)CN(CC(=O)NCCCCCC(=O)NCCO)CC(=O)NCCCCCC(=O)ON1C(=O)CCC1=O. The van der Waals surface area contributed by atoms with Gasteiger partial charge in [0, 0.05) is 77.8 Å². The van der Waals surface area contributed by atoms with Crippen LogP contribution in [0.2, 0.25) is 0 Å². The maximum absolute atomic E-state index is 13.4. The number of unbranched alkanes of at least 4 members (excludes halogenated alkanes) is 6. The molecule has 22 nitrogen and oxygen atoms in total. The molecule has 1 saturated heterocycles. The molecule has 1 fully saturated rings. The number of amides is 9. The van der Waals surface area contributed by atoms with Crippen molar-refractivity contribution in [3.05, 3.63) is 0 Å². The highest BCUT2D eigenvalue weighted by molar-refractivity contribution is 6.01. The Morgan fingerprint density at radius 1 is 0.548 bits per heavy atom. The van der Waals surface area contributed by atoms with Gasteiger partial charge < -0.3 is 52.3 Å². The van der Waals surface area contributed by atoms with Crippen LogP contribution in [0.15, 0.2) is 0 Å². The summed E-state index contributed by atoms with van der Waals surface area (Å²) in [5.41, 5.74) is 0. The van der Waals surface area contributed by atoms with Gasteiger partial charge in [-0.15, -0.1) is 5.06 Å². The molecule has 9 amide bonds. The summed E-state index contributed by atoms with van der Waals surface area (Å²) in [6, 6.07) is -1.15. The molecule has 0 saturated carbocycles. The van der Waals surface area contributed by atoms with Gasteiger partial charge in [-0.2, -0.15) is 0 Å². The van der Waals surface area contributed by atoms with Gasteiger partial charge in [0.25, 0.3) is 11.8 Å². The van der Waals surface area contributed by atoms with Gasteiger partial charge in [-0.1, -0.05) is 26.2 Å². The van der Waals surface area contributed by atoms with Crippen LogP contribution in [0.3, 0.4) is 0 Å². The van der Waals surface area contributed by atoms with Crippen LogP contribution < -0.4 is 37.2 Å². The van der Waals surface area contributed by atoms with Gasteiger partial charge >= 0.3 is 5.97 Å². The minimum absolute atomic E-state index is 0.0105. The van der Waals surface area contributed by atoms with Gasteiger partial charge in [-0.3, -0.25) is 48.1 Å². The summed E-state index contributed by atoms with van der Waals surface area (Å²) < 4.78 is 0. The zero-order valence-corrected chi connectivity index (χ0v) is 36.2. The summed E-state index contributed by atoms with van der Waals surface area (Å²) in [5.74, 6) is -4.76. The van der Waals surface area contributed by atoms with Crippen molar-refractivity contribution in [2.75, 3.05) is 72.1 Å². The van der Waals surface area contributed by atoms with E-state index in [1.807, 2.05) is 6.92 Å². The van der Waals surface area contributed by atoms with Crippen molar-refractivity contribution >= 4 is 59.1 Å². The molecule has 0 aromatic heterocycles. The molecule has 1 aliphatic rings. The Hall–Kier alpha value is -5.22. The smallest absolute Gasteiger partial charge is 0.333 e. The number of aliphatic hydroxyl groups is 2. The minimum Gasteiger partial charge on any atom is -0.395 e. The van der Waals surface area contributed by atoms with Crippen molar-refractivity contribution in [2.24, 2.45) is 0 Å². The van der Waals surface area contributed by atoms with E-state index in [2.05, 4.69) is 37.2 Å². The molecule has 0 radical (unpaired) electrons. The van der Waals surface area contributed by atoms with Crippen molar-refractivity contribution < 1.29 is 63.0 Å². The first-order chi connectivity index (χ1) is 29.8. The predicted molar refractivity (Wildman–Crippen MR) is 223 cm³/mol. The second kappa shape index (κ2) is 34.4. The van der Waals surface area contributed by atoms with Crippen molar-refractivity contribution in [2.45, 2.75) is 122 Å². The Balaban J connectivity index is 2.79. The lowest BCUT2D eigenvalue weighted by Gasteiger charge is -2.23. The van der Waals surface area contributed by atoms with E-state index >= 15 is 0 Å². The van der Waals surface area contributed by atoms with Gasteiger partial charge in [0.05, 0.1) is 32.8 Å². The molecule has 0 bridgehead atoms. The molecule has 62 heavy (non-hydrogen) atoms. The van der Waals surface area contributed by atoms with E-state index in [4.69, 9.17) is 15.1 Å². The van der Waals surface area contributed by atoms with Gasteiger partial charge in [-0.05, 0) is 51.4 Å². The van der Waals surface area contributed by atoms with Crippen LogP contribution in [0.1, 0.15) is 116 Å². The summed E-state index contributed by atoms with van der Waals surface area (Å²) in [6.45, 7) is 1.86. The number of nitrogens with one attached hydrogen (secondary N) is 7. The van der Waals surface area contributed by atoms with Gasteiger partial charge in [0.2, 0.25) is 41.4 Å². The molecular formula is C40H69N9O13. The lowest BCUT2D eigenvalue weighted by atomic mass is 10.1. The summed E-state index contributed by atoms with van der Waals surface area (Å²) in [6.07, 6.45) is 6.12. The van der Waals surface area contributed by atoms with Gasteiger partial charge in [0.1, 0.15) is 6.04 Å². The molecule has 22 heteroatoms. The first-order valence-electron chi connectivity index (χ1n) is 21.7. The highest BCUT2D eigenvalue weighted by Gasteiger charge is 2.32. The van der Waals surface area contributed by atoms with Crippen LogP contribution in [0.5, 0.6) is 0 Å². The molecule has 0 spiro atoms. The highest BCUT2D eigenvalue weighted by atomic mass is 16.7. The average molecular weight is 884 g/mol. The minimum atomic E-state index is -1.15. The monoisotopic (exact) mass is 884 g/mol. The zero-order valence-electron chi connectivity index (χ0n) is 36.2. The van der Waals surface area contributed by atoms with E-state index in [0.29, 0.717) is 75.8 Å². The van der Waals surface area contributed by atoms with Crippen molar-refractivity contribution in [1.82, 2.24) is 47.2 Å². The Morgan fingerprint density at radius 2 is 0.984 bits per heavy atom. The summed E-state index contributed by atoms with van der Waals surface area (Å²) in [7, 11) is 0. The number of hydroxylamine groups is 2. The Bertz CT molecular complexity index is 1430. The van der Waals surface area contributed by atoms with Crippen LogP contribution in [0.4, 0.5) is 0 Å². The number of imide groups is 1. The summed E-state index contributed by atoms with van der Waals surface area (Å²) >= 11 is 0. The van der Waals surface area contributed by atoms with E-state index in [-0.39, 0.29) is 109 Å². The number of rotatable bonds is 36. The molecule has 1 aliphatic heterocycles. The van der Waals surface area contributed by atoms with Gasteiger partial charge in [-0.25, -0.2) is 4.79 Å². The molecule has 1 atom stereocenters. The lowest BCUT2D eigenvalue weighted by Crippen LogP contribution is -2.52. The molecule has 1 heterocycles. The molecule has 0 aromatic carbocycles. The van der Waals surface area contributed by atoms with E-state index < -0.39 is 59.9 Å². The fraction of sp³-hybridized carbons (Fsp3) is 0.750. The molecule has 0 unspecified atom stereocenters. The van der Waals surface area contributed by atoms with E-state index in [9.17, 15) is 47.9 Å². The van der Waals surface area contributed by atoms with Crippen LogP contribution in [-0.4, -0.2) is 157 Å². The number of nitrogens with zero attached hydrogens (tertiary/aromatic N) is 2. The standard InChI is InChI=1S/C40H69N9O13/c1-2-19-41-31(52)12-7-4-11-22-46-40(61)30(15-16-33(54)45-24-26-51)47-36(57)29-48(27-34(55)42-20-9-3-6-13-32(53)44-23-25-50)28-35(56)43-21-10-5-8-14-39(60)62-49-37(58)17-18-38(49)59/h30,50-51H,2-29H2,1H3,(H,41,52)(H,42,55)(H,43,56)(H,44,53)(H,45,54)(H,46,61)(H,47,57)/t30-/m0/s1. The molecular weight excluding hydrogens is 814 g/mol.